The Labute approximate surface area is 247 Å². The molecule has 38 heavy (non-hydrogen) atoms. The maximum Gasteiger partial charge on any atom is -1.00 e. The van der Waals surface area contributed by atoms with Crippen molar-refractivity contribution in [3.05, 3.63) is 90.0 Å². The van der Waals surface area contributed by atoms with Gasteiger partial charge in [-0.3, -0.25) is 0 Å². The third kappa shape index (κ3) is 5.80. The second kappa shape index (κ2) is 12.9. The van der Waals surface area contributed by atoms with Crippen molar-refractivity contribution in [2.45, 2.75) is 30.2 Å². The van der Waals surface area contributed by atoms with Gasteiger partial charge in [0.25, 0.3) is 0 Å². The number of halogens is 2. The second-order valence-corrected chi connectivity index (χ2v) is 20.4. The summed E-state index contributed by atoms with van der Waals surface area (Å²) >= 11 is -2.09. The van der Waals surface area contributed by atoms with Crippen LogP contribution in [0.1, 0.15) is 29.2 Å². The monoisotopic (exact) mass is 598 g/mol. The molecule has 4 aromatic rings. The van der Waals surface area contributed by atoms with Crippen LogP contribution in [-0.2, 0) is 17.0 Å². The molecule has 0 atom stereocenters. The molecule has 0 radical (unpaired) electrons. The molecule has 0 aromatic heterocycles. The molecule has 1 aliphatic carbocycles. The van der Waals surface area contributed by atoms with E-state index in [0.717, 1.165) is 5.75 Å². The van der Waals surface area contributed by atoms with Crippen LogP contribution in [0.25, 0.3) is 21.9 Å². The summed E-state index contributed by atoms with van der Waals surface area (Å²) in [6.45, 7) is 4.77. The summed E-state index contributed by atoms with van der Waals surface area (Å²) in [6.07, 6.45) is -0.626. The molecule has 5 rings (SSSR count). The van der Waals surface area contributed by atoms with Crippen LogP contribution in [0.5, 0.6) is 5.75 Å². The molecule has 0 fully saturated rings. The van der Waals surface area contributed by atoms with Crippen LogP contribution in [0, 0.1) is 0 Å². The van der Waals surface area contributed by atoms with Crippen LogP contribution in [-0.4, -0.2) is 34.4 Å². The quantitative estimate of drug-likeness (QED) is 0.301. The molecule has 3 nitrogen and oxygen atoms in total. The molecule has 0 bridgehead atoms. The fourth-order valence-corrected chi connectivity index (χ4v) is 17.1. The molecular formula is C31H36Cl2N2OSiTi. The summed E-state index contributed by atoms with van der Waals surface area (Å²) in [5.41, 5.74) is 8.28. The van der Waals surface area contributed by atoms with Gasteiger partial charge in [-0.1, -0.05) is 0 Å². The number of rotatable bonds is 7. The van der Waals surface area contributed by atoms with Crippen LogP contribution in [0.2, 0.25) is 12.1 Å². The molecule has 198 valence electrons. The zero-order chi connectivity index (χ0) is 25.4. The first kappa shape index (κ1) is 30.6. The molecule has 0 spiro atoms. The number of hydrogen-bond acceptors (Lipinski definition) is 3. The Bertz CT molecular complexity index is 1410. The summed E-state index contributed by atoms with van der Waals surface area (Å²) in [5, 5.41) is 2.53. The van der Waals surface area contributed by atoms with Crippen molar-refractivity contribution in [1.29, 1.82) is 0 Å². The van der Waals surface area contributed by atoms with Crippen LogP contribution < -0.4 is 37.9 Å². The summed E-state index contributed by atoms with van der Waals surface area (Å²) in [5.74, 6) is 1.05. The Kier molecular flexibility index (Phi) is 10.4. The van der Waals surface area contributed by atoms with Gasteiger partial charge >= 0.3 is 224 Å². The van der Waals surface area contributed by atoms with E-state index < -0.39 is 23.2 Å². The van der Waals surface area contributed by atoms with E-state index in [1.807, 2.05) is 0 Å². The van der Waals surface area contributed by atoms with E-state index in [0.29, 0.717) is 4.22 Å². The van der Waals surface area contributed by atoms with Gasteiger partial charge in [0, 0.05) is 0 Å². The standard InChI is InChI=1S/C17H19N2.C10H8O.C4H10Si.2ClH.Ti/c1-18(2)14-5-7-16-12(10-14)9-13-11-15(19(3)4)6-8-17(13)16;11-10-6-5-8-3-1-2-4-9(8)7-10;1-3-5-4-2;;;/h5-11H,1-4H3;1-7,11H;3-4H2,1-2H3;2*1H;/q;;;;;+3/p-3. The van der Waals surface area contributed by atoms with Gasteiger partial charge in [0.15, 0.2) is 0 Å². The van der Waals surface area contributed by atoms with E-state index in [1.54, 1.807) is 0 Å². The minimum atomic E-state index is -2.09. The number of fused-ring (bicyclic) bond motifs is 4. The minimum Gasteiger partial charge on any atom is -1.00 e. The van der Waals surface area contributed by atoms with E-state index in [-0.39, 0.29) is 24.8 Å². The van der Waals surface area contributed by atoms with Crippen LogP contribution in [0.3, 0.4) is 0 Å². The molecule has 0 amide bonds. The first-order valence-corrected chi connectivity index (χ1v) is 18.7. The Morgan fingerprint density at radius 3 is 1.71 bits per heavy atom. The van der Waals surface area contributed by atoms with Gasteiger partial charge in [0.1, 0.15) is 0 Å². The SMILES string of the molecule is CC[Si](CC)=[Ti+2]([O]c1ccc2ccccc2c1)[CH]1c2cc(N(C)C)ccc2-c2ccc(N(C)C)cc21.[Cl-].[Cl-]. The van der Waals surface area contributed by atoms with E-state index in [9.17, 15) is 0 Å². The van der Waals surface area contributed by atoms with Gasteiger partial charge in [-0.2, -0.15) is 0 Å². The van der Waals surface area contributed by atoms with Gasteiger partial charge in [0.05, 0.1) is 0 Å². The molecule has 1 aliphatic rings. The smallest absolute Gasteiger partial charge is 1.00 e. The molecule has 4 aromatic carbocycles. The van der Waals surface area contributed by atoms with Gasteiger partial charge in [-0.05, 0) is 0 Å². The van der Waals surface area contributed by atoms with Crippen molar-refractivity contribution < 1.29 is 45.1 Å². The molecule has 0 saturated carbocycles. The van der Waals surface area contributed by atoms with Crippen LogP contribution in [0.15, 0.2) is 78.9 Å². The number of anilines is 2. The maximum atomic E-state index is 7.25. The minimum absolute atomic E-state index is 0. The number of benzene rings is 4. The van der Waals surface area contributed by atoms with Gasteiger partial charge in [-0.15, -0.1) is 0 Å². The molecular weight excluding hydrogens is 563 g/mol. The topological polar surface area (TPSA) is 15.7 Å². The predicted octanol–water partition coefficient (Wildman–Crippen LogP) is 1.69. The predicted molar refractivity (Wildman–Crippen MR) is 154 cm³/mol. The largest absolute Gasteiger partial charge is 1.00 e. The molecule has 0 N–H and O–H groups in total. The van der Waals surface area contributed by atoms with Crippen LogP contribution in [0.4, 0.5) is 11.4 Å². The Hall–Kier alpha value is -1.95. The van der Waals surface area contributed by atoms with E-state index in [2.05, 4.69) is 131 Å². The van der Waals surface area contributed by atoms with Crippen molar-refractivity contribution in [3.8, 4) is 16.9 Å². The molecule has 0 saturated heterocycles. The average Bonchev–Trinajstić information content (AvgIpc) is 3.21. The average molecular weight is 600 g/mol. The second-order valence-electron chi connectivity index (χ2n) is 10.1. The third-order valence-electron chi connectivity index (χ3n) is 7.43. The van der Waals surface area contributed by atoms with E-state index >= 15 is 0 Å². The Balaban J connectivity index is 0.00000200. The molecule has 7 heteroatoms. The van der Waals surface area contributed by atoms with Crippen molar-refractivity contribution >= 4 is 28.3 Å². The summed E-state index contributed by atoms with van der Waals surface area (Å²) < 4.78 is 7.63. The van der Waals surface area contributed by atoms with E-state index in [1.165, 1.54) is 56.5 Å². The van der Waals surface area contributed by atoms with Crippen molar-refractivity contribution in [2.24, 2.45) is 0 Å². The first-order chi connectivity index (χ1) is 17.4. The van der Waals surface area contributed by atoms with Crippen LogP contribution >= 0.6 is 0 Å². The molecule has 0 aliphatic heterocycles. The summed E-state index contributed by atoms with van der Waals surface area (Å²) in [6, 6.07) is 31.9. The van der Waals surface area contributed by atoms with Gasteiger partial charge < -0.3 is 24.8 Å². The van der Waals surface area contributed by atoms with Crippen molar-refractivity contribution in [1.82, 2.24) is 0 Å². The summed E-state index contributed by atoms with van der Waals surface area (Å²) in [4.78, 5) is 4.45. The zero-order valence-electron chi connectivity index (χ0n) is 23.1. The maximum absolute atomic E-state index is 7.25. The van der Waals surface area contributed by atoms with Crippen molar-refractivity contribution in [2.75, 3.05) is 38.0 Å². The fourth-order valence-electron chi connectivity index (χ4n) is 5.37. The first-order valence-electron chi connectivity index (χ1n) is 12.9. The number of hydrogen-bond donors (Lipinski definition) is 0. The molecule has 0 unspecified atom stereocenters. The normalized spacial score (nSPS) is 11.4. The Morgan fingerprint density at radius 2 is 1.21 bits per heavy atom. The third-order valence-corrected chi connectivity index (χ3v) is 20.5. The fraction of sp³-hybridized carbons (Fsp3) is 0.290. The zero-order valence-corrected chi connectivity index (χ0v) is 27.1. The van der Waals surface area contributed by atoms with E-state index in [4.69, 9.17) is 3.32 Å². The van der Waals surface area contributed by atoms with Crippen molar-refractivity contribution in [3.63, 3.8) is 0 Å². The van der Waals surface area contributed by atoms with Gasteiger partial charge in [-0.25, -0.2) is 0 Å². The Morgan fingerprint density at radius 1 is 0.684 bits per heavy atom. The number of nitrogens with zero attached hydrogens (tertiary/aromatic N) is 2. The van der Waals surface area contributed by atoms with Gasteiger partial charge in [0.2, 0.25) is 0 Å². The summed E-state index contributed by atoms with van der Waals surface area (Å²) in [7, 11) is 8.55. The molecule has 0 heterocycles.